The van der Waals surface area contributed by atoms with Crippen LogP contribution in [0.5, 0.6) is 0 Å². The van der Waals surface area contributed by atoms with Crippen molar-refractivity contribution in [1.29, 1.82) is 0 Å². The Hall–Kier alpha value is -1.74. The Morgan fingerprint density at radius 3 is 2.59 bits per heavy atom. The molecule has 1 aromatic heterocycles. The van der Waals surface area contributed by atoms with Crippen LogP contribution in [0.3, 0.4) is 0 Å². The zero-order chi connectivity index (χ0) is 12.3. The van der Waals surface area contributed by atoms with E-state index in [0.717, 1.165) is 16.8 Å². The number of benzene rings is 1. The molecule has 0 spiro atoms. The van der Waals surface area contributed by atoms with Crippen LogP contribution >= 0.6 is 0 Å². The van der Waals surface area contributed by atoms with Gasteiger partial charge in [0, 0.05) is 24.4 Å². The molecule has 1 atom stereocenters. The van der Waals surface area contributed by atoms with Gasteiger partial charge in [-0.2, -0.15) is 0 Å². The van der Waals surface area contributed by atoms with Gasteiger partial charge in [0.05, 0.1) is 0 Å². The quantitative estimate of drug-likeness (QED) is 0.880. The van der Waals surface area contributed by atoms with Gasteiger partial charge in [-0.3, -0.25) is 4.98 Å². The number of pyridine rings is 1. The lowest BCUT2D eigenvalue weighted by Crippen LogP contribution is -2.14. The van der Waals surface area contributed by atoms with Crippen LogP contribution in [0.1, 0.15) is 22.9 Å². The predicted molar refractivity (Wildman–Crippen MR) is 66.0 cm³/mol. The second-order valence-electron chi connectivity index (χ2n) is 4.13. The topological polar surface area (TPSA) is 38.9 Å². The van der Waals surface area contributed by atoms with Crippen molar-refractivity contribution < 1.29 is 4.39 Å². The van der Waals surface area contributed by atoms with Gasteiger partial charge in [0.15, 0.2) is 0 Å². The van der Waals surface area contributed by atoms with E-state index in [1.807, 2.05) is 19.1 Å². The highest BCUT2D eigenvalue weighted by Crippen LogP contribution is 2.17. The van der Waals surface area contributed by atoms with E-state index in [4.69, 9.17) is 5.73 Å². The standard InChI is InChI=1S/C14H15FN2/c1-10-3-2-8-17-14(10)9-13(16)11-4-6-12(15)7-5-11/h2-8,13H,9,16H2,1H3. The third-order valence-corrected chi connectivity index (χ3v) is 2.83. The molecule has 17 heavy (non-hydrogen) atoms. The van der Waals surface area contributed by atoms with Gasteiger partial charge >= 0.3 is 0 Å². The largest absolute Gasteiger partial charge is 0.324 e. The van der Waals surface area contributed by atoms with E-state index >= 15 is 0 Å². The summed E-state index contributed by atoms with van der Waals surface area (Å²) >= 11 is 0. The molecule has 88 valence electrons. The van der Waals surface area contributed by atoms with Crippen molar-refractivity contribution in [2.45, 2.75) is 19.4 Å². The lowest BCUT2D eigenvalue weighted by atomic mass is 10.0. The van der Waals surface area contributed by atoms with E-state index in [9.17, 15) is 4.39 Å². The highest BCUT2D eigenvalue weighted by atomic mass is 19.1. The molecule has 1 unspecified atom stereocenters. The van der Waals surface area contributed by atoms with E-state index in [0.29, 0.717) is 6.42 Å². The van der Waals surface area contributed by atoms with Crippen LogP contribution in [0.15, 0.2) is 42.6 Å². The van der Waals surface area contributed by atoms with Crippen LogP contribution in [0.4, 0.5) is 4.39 Å². The molecule has 3 heteroatoms. The zero-order valence-electron chi connectivity index (χ0n) is 9.73. The smallest absolute Gasteiger partial charge is 0.123 e. The number of halogens is 1. The van der Waals surface area contributed by atoms with Crippen LogP contribution in [-0.4, -0.2) is 4.98 Å². The van der Waals surface area contributed by atoms with E-state index in [1.165, 1.54) is 12.1 Å². The number of aryl methyl sites for hydroxylation is 1. The first kappa shape index (κ1) is 11.7. The first-order valence-corrected chi connectivity index (χ1v) is 5.58. The number of aromatic nitrogens is 1. The third kappa shape index (κ3) is 2.88. The van der Waals surface area contributed by atoms with Gasteiger partial charge in [0.25, 0.3) is 0 Å². The fourth-order valence-electron chi connectivity index (χ4n) is 1.77. The first-order chi connectivity index (χ1) is 8.16. The molecule has 0 bridgehead atoms. The lowest BCUT2D eigenvalue weighted by Gasteiger charge is -2.12. The average molecular weight is 230 g/mol. The summed E-state index contributed by atoms with van der Waals surface area (Å²) in [6.07, 6.45) is 2.43. The minimum Gasteiger partial charge on any atom is -0.324 e. The van der Waals surface area contributed by atoms with Gasteiger partial charge in [-0.1, -0.05) is 18.2 Å². The fourth-order valence-corrected chi connectivity index (χ4v) is 1.77. The summed E-state index contributed by atoms with van der Waals surface area (Å²) in [5, 5.41) is 0. The zero-order valence-corrected chi connectivity index (χ0v) is 9.73. The van der Waals surface area contributed by atoms with Gasteiger partial charge in [-0.05, 0) is 36.2 Å². The molecule has 0 saturated heterocycles. The van der Waals surface area contributed by atoms with Crippen molar-refractivity contribution in [1.82, 2.24) is 4.98 Å². The number of hydrogen-bond donors (Lipinski definition) is 1. The van der Waals surface area contributed by atoms with Crippen LogP contribution in [0.25, 0.3) is 0 Å². The highest BCUT2D eigenvalue weighted by molar-refractivity contribution is 5.24. The molecular weight excluding hydrogens is 215 g/mol. The Kier molecular flexibility index (Phi) is 3.49. The molecule has 0 radical (unpaired) electrons. The Balaban J connectivity index is 2.14. The molecule has 0 amide bonds. The molecule has 1 heterocycles. The monoisotopic (exact) mass is 230 g/mol. The van der Waals surface area contributed by atoms with Crippen molar-refractivity contribution in [3.05, 3.63) is 65.2 Å². The summed E-state index contributed by atoms with van der Waals surface area (Å²) in [7, 11) is 0. The van der Waals surface area contributed by atoms with Crippen LogP contribution in [-0.2, 0) is 6.42 Å². The summed E-state index contributed by atoms with van der Waals surface area (Å²) < 4.78 is 12.8. The Bertz CT molecular complexity index is 494. The van der Waals surface area contributed by atoms with Crippen molar-refractivity contribution in [3.8, 4) is 0 Å². The minimum absolute atomic E-state index is 0.149. The second kappa shape index (κ2) is 5.06. The van der Waals surface area contributed by atoms with Gasteiger partial charge in [0.2, 0.25) is 0 Å². The minimum atomic E-state index is -0.241. The molecule has 2 nitrogen and oxygen atoms in total. The van der Waals surface area contributed by atoms with Gasteiger partial charge in [-0.15, -0.1) is 0 Å². The van der Waals surface area contributed by atoms with Crippen molar-refractivity contribution >= 4 is 0 Å². The predicted octanol–water partition coefficient (Wildman–Crippen LogP) is 2.77. The average Bonchev–Trinajstić information content (AvgIpc) is 2.33. The highest BCUT2D eigenvalue weighted by Gasteiger charge is 2.09. The van der Waals surface area contributed by atoms with Crippen molar-refractivity contribution in [2.75, 3.05) is 0 Å². The maximum atomic E-state index is 12.8. The Morgan fingerprint density at radius 2 is 1.94 bits per heavy atom. The normalized spacial score (nSPS) is 12.4. The summed E-state index contributed by atoms with van der Waals surface area (Å²) in [6, 6.07) is 10.1. The molecule has 0 saturated carbocycles. The molecule has 2 N–H and O–H groups in total. The van der Waals surface area contributed by atoms with Gasteiger partial charge < -0.3 is 5.73 Å². The summed E-state index contributed by atoms with van der Waals surface area (Å²) in [5.41, 5.74) is 9.13. The third-order valence-electron chi connectivity index (χ3n) is 2.83. The summed E-state index contributed by atoms with van der Waals surface area (Å²) in [6.45, 7) is 2.01. The van der Waals surface area contributed by atoms with Crippen molar-refractivity contribution in [2.24, 2.45) is 5.73 Å². The molecule has 0 fully saturated rings. The second-order valence-corrected chi connectivity index (χ2v) is 4.13. The van der Waals surface area contributed by atoms with E-state index in [2.05, 4.69) is 4.98 Å². The van der Waals surface area contributed by atoms with E-state index in [1.54, 1.807) is 18.3 Å². The maximum Gasteiger partial charge on any atom is 0.123 e. The molecule has 2 aromatic rings. The lowest BCUT2D eigenvalue weighted by molar-refractivity contribution is 0.624. The number of rotatable bonds is 3. The molecular formula is C14H15FN2. The first-order valence-electron chi connectivity index (χ1n) is 5.58. The van der Waals surface area contributed by atoms with Crippen LogP contribution < -0.4 is 5.73 Å². The summed E-state index contributed by atoms with van der Waals surface area (Å²) in [4.78, 5) is 4.31. The van der Waals surface area contributed by atoms with E-state index in [-0.39, 0.29) is 11.9 Å². The Labute approximate surface area is 100 Å². The Morgan fingerprint density at radius 1 is 1.24 bits per heavy atom. The van der Waals surface area contributed by atoms with Crippen LogP contribution in [0, 0.1) is 12.7 Å². The molecule has 0 aliphatic carbocycles. The SMILES string of the molecule is Cc1cccnc1CC(N)c1ccc(F)cc1. The van der Waals surface area contributed by atoms with Gasteiger partial charge in [-0.25, -0.2) is 4.39 Å². The van der Waals surface area contributed by atoms with E-state index < -0.39 is 0 Å². The molecule has 2 rings (SSSR count). The molecule has 1 aromatic carbocycles. The summed E-state index contributed by atoms with van der Waals surface area (Å²) in [5.74, 6) is -0.241. The fraction of sp³-hybridized carbons (Fsp3) is 0.214. The van der Waals surface area contributed by atoms with Gasteiger partial charge in [0.1, 0.15) is 5.82 Å². The number of nitrogens with two attached hydrogens (primary N) is 1. The van der Waals surface area contributed by atoms with Crippen LogP contribution in [0.2, 0.25) is 0 Å². The maximum absolute atomic E-state index is 12.8. The van der Waals surface area contributed by atoms with Crippen molar-refractivity contribution in [3.63, 3.8) is 0 Å². The number of nitrogens with zero attached hydrogens (tertiary/aromatic N) is 1. The molecule has 0 aliphatic rings. The number of hydrogen-bond acceptors (Lipinski definition) is 2. The molecule has 0 aliphatic heterocycles.